The molecule has 0 saturated heterocycles. The predicted octanol–water partition coefficient (Wildman–Crippen LogP) is 6.58. The smallest absolute Gasteiger partial charge is 0.339 e. The van der Waals surface area contributed by atoms with Gasteiger partial charge in [-0.05, 0) is 40.8 Å². The second-order valence-electron chi connectivity index (χ2n) is 9.75. The highest BCUT2D eigenvalue weighted by Gasteiger charge is 2.15. The molecule has 0 bridgehead atoms. The van der Waals surface area contributed by atoms with Crippen LogP contribution in [0.2, 0.25) is 0 Å². The van der Waals surface area contributed by atoms with Gasteiger partial charge in [0.25, 0.3) is 0 Å². The van der Waals surface area contributed by atoms with Gasteiger partial charge in [-0.25, -0.2) is 15.2 Å². The average molecular weight is 538 g/mol. The van der Waals surface area contributed by atoms with Gasteiger partial charge in [-0.3, -0.25) is 0 Å². The summed E-state index contributed by atoms with van der Waals surface area (Å²) in [4.78, 5) is 18.6. The number of aromatic nitrogens is 1. The van der Waals surface area contributed by atoms with Crippen molar-refractivity contribution >= 4 is 23.8 Å². The first-order chi connectivity index (χ1) is 19.4. The number of hydrogen-bond acceptors (Lipinski definition) is 6. The molecule has 0 unspecified atom stereocenters. The first-order valence-corrected chi connectivity index (χ1v) is 13.1. The minimum atomic E-state index is -0.477. The number of nitrogens with one attached hydrogen (secondary N) is 2. The molecular weight excluding hydrogens is 502 g/mol. The van der Waals surface area contributed by atoms with E-state index in [0.717, 1.165) is 33.8 Å². The monoisotopic (exact) mass is 537 g/mol. The number of anilines is 2. The largest absolute Gasteiger partial charge is 0.488 e. The fraction of sp³-hybridized carbons (Fsp3) is 0.219. The summed E-state index contributed by atoms with van der Waals surface area (Å²) in [5.74, 6) is 2.34. The Labute approximate surface area is 235 Å². The van der Waals surface area contributed by atoms with E-state index >= 15 is 0 Å². The van der Waals surface area contributed by atoms with Gasteiger partial charge in [-0.15, -0.1) is 0 Å². The highest BCUT2D eigenvalue weighted by molar-refractivity contribution is 5.91. The van der Waals surface area contributed by atoms with Crippen LogP contribution in [0.3, 0.4) is 0 Å². The van der Waals surface area contributed by atoms with Gasteiger partial charge < -0.3 is 19.7 Å². The lowest BCUT2D eigenvalue weighted by Gasteiger charge is -2.18. The van der Waals surface area contributed by atoms with Crippen molar-refractivity contribution in [1.82, 2.24) is 10.4 Å². The van der Waals surface area contributed by atoms with Gasteiger partial charge in [0.15, 0.2) is 0 Å². The number of ether oxygens (including phenoxy) is 2. The normalized spacial score (nSPS) is 10.9. The number of benzene rings is 3. The van der Waals surface area contributed by atoms with E-state index in [9.17, 15) is 4.79 Å². The molecule has 0 aliphatic carbocycles. The van der Waals surface area contributed by atoms with Crippen LogP contribution in [-0.2, 0) is 13.2 Å². The van der Waals surface area contributed by atoms with Crippen LogP contribution >= 0.6 is 0 Å². The van der Waals surface area contributed by atoms with Crippen molar-refractivity contribution in [3.05, 3.63) is 113 Å². The Hall–Kier alpha value is -4.85. The third kappa shape index (κ3) is 8.07. The van der Waals surface area contributed by atoms with Crippen LogP contribution in [-0.4, -0.2) is 31.3 Å². The predicted molar refractivity (Wildman–Crippen MR) is 160 cm³/mol. The zero-order chi connectivity index (χ0) is 28.3. The first kappa shape index (κ1) is 28.2. The Balaban J connectivity index is 1.52. The minimum absolute atomic E-state index is 0.190. The number of rotatable bonds is 11. The Morgan fingerprint density at radius 3 is 2.08 bits per heavy atom. The number of hydrogen-bond donors (Lipinski definition) is 2. The summed E-state index contributed by atoms with van der Waals surface area (Å²) in [6, 6.07) is 27.0. The molecular formula is C32H35N5O3. The van der Waals surface area contributed by atoms with Crippen LogP contribution in [0.5, 0.6) is 11.5 Å². The van der Waals surface area contributed by atoms with Gasteiger partial charge in [0.1, 0.15) is 30.5 Å². The molecule has 0 spiro atoms. The topological polar surface area (TPSA) is 88.1 Å². The molecule has 1 aromatic heterocycles. The molecule has 0 atom stereocenters. The van der Waals surface area contributed by atoms with Crippen LogP contribution in [0, 0.1) is 0 Å². The summed E-state index contributed by atoms with van der Waals surface area (Å²) in [6.45, 7) is 5.04. The summed E-state index contributed by atoms with van der Waals surface area (Å²) in [6.07, 6.45) is 3.18. The molecule has 2 amide bonds. The molecule has 40 heavy (non-hydrogen) atoms. The molecule has 0 aliphatic heterocycles. The molecule has 1 heterocycles. The van der Waals surface area contributed by atoms with E-state index in [-0.39, 0.29) is 5.92 Å². The van der Waals surface area contributed by atoms with E-state index in [2.05, 4.69) is 34.7 Å². The minimum Gasteiger partial charge on any atom is -0.488 e. The molecule has 0 fully saturated rings. The molecule has 2 N–H and O–H groups in total. The van der Waals surface area contributed by atoms with Gasteiger partial charge in [0.2, 0.25) is 0 Å². The molecule has 3 aromatic carbocycles. The number of urea groups is 1. The Bertz CT molecular complexity index is 1410. The fourth-order valence-electron chi connectivity index (χ4n) is 3.91. The van der Waals surface area contributed by atoms with Gasteiger partial charge in [0, 0.05) is 25.7 Å². The third-order valence-corrected chi connectivity index (χ3v) is 6.07. The summed E-state index contributed by atoms with van der Waals surface area (Å²) in [7, 11) is 3.81. The lowest BCUT2D eigenvalue weighted by atomic mass is 9.99. The number of amides is 2. The molecule has 0 radical (unpaired) electrons. The number of carbonyl (C=O) groups is 1. The van der Waals surface area contributed by atoms with Crippen molar-refractivity contribution in [2.75, 3.05) is 24.3 Å². The molecule has 0 aliphatic rings. The van der Waals surface area contributed by atoms with E-state index in [0.29, 0.717) is 24.7 Å². The average Bonchev–Trinajstić information content (AvgIpc) is 2.96. The first-order valence-electron chi connectivity index (χ1n) is 13.1. The lowest BCUT2D eigenvalue weighted by Crippen LogP contribution is -2.24. The maximum atomic E-state index is 12.4. The van der Waals surface area contributed by atoms with E-state index in [1.54, 1.807) is 18.5 Å². The van der Waals surface area contributed by atoms with Crippen LogP contribution < -0.4 is 25.1 Å². The fourth-order valence-corrected chi connectivity index (χ4v) is 3.91. The van der Waals surface area contributed by atoms with E-state index in [1.807, 2.05) is 97.9 Å². The van der Waals surface area contributed by atoms with E-state index in [4.69, 9.17) is 9.47 Å². The highest BCUT2D eigenvalue weighted by Crippen LogP contribution is 2.34. The molecule has 8 heteroatoms. The maximum Gasteiger partial charge on any atom is 0.339 e. The summed E-state index contributed by atoms with van der Waals surface area (Å²) in [5, 5.41) is 6.92. The molecule has 0 saturated carbocycles. The third-order valence-electron chi connectivity index (χ3n) is 6.07. The molecule has 206 valence electrons. The number of carbonyl (C=O) groups excluding carboxylic acids is 1. The zero-order valence-electron chi connectivity index (χ0n) is 23.3. The Morgan fingerprint density at radius 1 is 0.900 bits per heavy atom. The van der Waals surface area contributed by atoms with Crippen molar-refractivity contribution in [3.63, 3.8) is 0 Å². The molecule has 8 nitrogen and oxygen atoms in total. The maximum absolute atomic E-state index is 12.4. The summed E-state index contributed by atoms with van der Waals surface area (Å²) >= 11 is 0. The van der Waals surface area contributed by atoms with Gasteiger partial charge >= 0.3 is 6.03 Å². The second-order valence-corrected chi connectivity index (χ2v) is 9.75. The zero-order valence-corrected chi connectivity index (χ0v) is 23.3. The Kier molecular flexibility index (Phi) is 9.72. The van der Waals surface area contributed by atoms with Crippen molar-refractivity contribution in [2.24, 2.45) is 5.10 Å². The van der Waals surface area contributed by atoms with Gasteiger partial charge in [0.05, 0.1) is 18.1 Å². The van der Waals surface area contributed by atoms with E-state index < -0.39 is 6.03 Å². The highest BCUT2D eigenvalue weighted by atomic mass is 16.5. The summed E-state index contributed by atoms with van der Waals surface area (Å²) in [5.41, 5.74) is 6.94. The number of nitrogens with zero attached hydrogens (tertiary/aromatic N) is 3. The second kappa shape index (κ2) is 13.8. The van der Waals surface area contributed by atoms with Crippen LogP contribution in [0.4, 0.5) is 16.3 Å². The van der Waals surface area contributed by atoms with Crippen molar-refractivity contribution in [3.8, 4) is 11.5 Å². The van der Waals surface area contributed by atoms with Crippen LogP contribution in [0.1, 0.15) is 42.0 Å². The standard InChI is InChI=1S/C32H35N5O3/c1-23(2)28-17-26(19-34-36-32(38)35-27-15-16-31(33-20-27)37(3)4)29(39-21-24-11-7-5-8-12-24)18-30(28)40-22-25-13-9-6-10-14-25/h5-20,23H,21-22H2,1-4H3,(H2,35,36,38). The molecule has 4 rings (SSSR count). The van der Waals surface area contributed by atoms with Gasteiger partial charge in [-0.1, -0.05) is 74.5 Å². The number of pyridine rings is 1. The quantitative estimate of drug-likeness (QED) is 0.167. The number of hydrazone groups is 1. The van der Waals surface area contributed by atoms with Crippen molar-refractivity contribution < 1.29 is 14.3 Å². The van der Waals surface area contributed by atoms with Crippen LogP contribution in [0.15, 0.2) is 96.2 Å². The lowest BCUT2D eigenvalue weighted by molar-refractivity contribution is 0.252. The van der Waals surface area contributed by atoms with E-state index in [1.165, 1.54) is 0 Å². The SMILES string of the molecule is CC(C)c1cc(C=NNC(=O)Nc2ccc(N(C)C)nc2)c(OCc2ccccc2)cc1OCc1ccccc1. The van der Waals surface area contributed by atoms with Gasteiger partial charge in [-0.2, -0.15) is 5.10 Å². The summed E-state index contributed by atoms with van der Waals surface area (Å²) < 4.78 is 12.5. The van der Waals surface area contributed by atoms with Crippen molar-refractivity contribution in [2.45, 2.75) is 33.0 Å². The Morgan fingerprint density at radius 2 is 1.52 bits per heavy atom. The van der Waals surface area contributed by atoms with Crippen molar-refractivity contribution in [1.29, 1.82) is 0 Å². The molecule has 4 aromatic rings. The van der Waals surface area contributed by atoms with Crippen LogP contribution in [0.25, 0.3) is 0 Å².